The number of alkyl halides is 2. The normalized spacial score (nSPS) is 23.6. The molecule has 0 radical (unpaired) electrons. The maximum absolute atomic E-state index is 13.0. The van der Waals surface area contributed by atoms with E-state index in [0.717, 1.165) is 12.1 Å². The van der Waals surface area contributed by atoms with Crippen LogP contribution in [-0.4, -0.2) is 11.0 Å². The number of aliphatic hydroxyl groups is 1. The van der Waals surface area contributed by atoms with Crippen LogP contribution < -0.4 is 0 Å². The van der Waals surface area contributed by atoms with Crippen molar-refractivity contribution in [3.63, 3.8) is 0 Å². The predicted molar refractivity (Wildman–Crippen MR) is 40.0 cm³/mol. The van der Waals surface area contributed by atoms with Crippen LogP contribution in [0.2, 0.25) is 0 Å². The van der Waals surface area contributed by atoms with Crippen LogP contribution in [0.15, 0.2) is 12.1 Å². The van der Waals surface area contributed by atoms with Gasteiger partial charge in [-0.1, -0.05) is 0 Å². The van der Waals surface area contributed by atoms with Gasteiger partial charge in [0.1, 0.15) is 17.7 Å². The SMILES string of the molecule is O[C@H]1c2c(F)ccc(F)c2CC1(F)F. The van der Waals surface area contributed by atoms with Crippen LogP contribution in [0.3, 0.4) is 0 Å². The summed E-state index contributed by atoms with van der Waals surface area (Å²) in [6.07, 6.45) is -3.19. The summed E-state index contributed by atoms with van der Waals surface area (Å²) >= 11 is 0. The number of fused-ring (bicyclic) bond motifs is 1. The maximum Gasteiger partial charge on any atom is 0.281 e. The minimum Gasteiger partial charge on any atom is -0.382 e. The Morgan fingerprint density at radius 3 is 2.36 bits per heavy atom. The molecule has 1 nitrogen and oxygen atoms in total. The molecule has 0 unspecified atom stereocenters. The molecule has 1 aromatic carbocycles. The lowest BCUT2D eigenvalue weighted by Gasteiger charge is -2.13. The third-order valence-corrected chi connectivity index (χ3v) is 2.33. The van der Waals surface area contributed by atoms with E-state index in [1.54, 1.807) is 0 Å². The molecule has 1 N–H and O–H groups in total. The largest absolute Gasteiger partial charge is 0.382 e. The molecule has 1 aromatic rings. The van der Waals surface area contributed by atoms with Gasteiger partial charge in [-0.2, -0.15) is 0 Å². The number of aliphatic hydroxyl groups excluding tert-OH is 1. The lowest BCUT2D eigenvalue weighted by atomic mass is 10.1. The van der Waals surface area contributed by atoms with E-state index in [0.29, 0.717) is 0 Å². The van der Waals surface area contributed by atoms with E-state index in [1.807, 2.05) is 0 Å². The first-order valence-corrected chi connectivity index (χ1v) is 3.96. The fourth-order valence-electron chi connectivity index (χ4n) is 1.63. The second-order valence-electron chi connectivity index (χ2n) is 3.26. The molecule has 0 aliphatic heterocycles. The number of rotatable bonds is 0. The predicted octanol–water partition coefficient (Wildman–Crippen LogP) is 2.19. The Morgan fingerprint density at radius 2 is 1.79 bits per heavy atom. The molecule has 0 saturated heterocycles. The Morgan fingerprint density at radius 1 is 1.21 bits per heavy atom. The Kier molecular flexibility index (Phi) is 1.82. The average molecular weight is 206 g/mol. The average Bonchev–Trinajstić information content (AvgIpc) is 2.33. The Bertz CT molecular complexity index is 389. The number of benzene rings is 1. The van der Waals surface area contributed by atoms with Gasteiger partial charge in [0.25, 0.3) is 5.92 Å². The number of hydrogen-bond donors (Lipinski definition) is 1. The molecule has 0 saturated carbocycles. The highest BCUT2D eigenvalue weighted by molar-refractivity contribution is 5.38. The zero-order valence-electron chi connectivity index (χ0n) is 6.90. The van der Waals surface area contributed by atoms with Crippen LogP contribution in [0.25, 0.3) is 0 Å². The standard InChI is InChI=1S/C9H6F4O/c10-5-1-2-6(11)7-4(5)3-9(12,13)8(7)14/h1-2,8,14H,3H2/t8-/m0/s1. The highest BCUT2D eigenvalue weighted by Crippen LogP contribution is 2.44. The number of hydrogen-bond acceptors (Lipinski definition) is 1. The van der Waals surface area contributed by atoms with Crippen LogP contribution in [0.4, 0.5) is 17.6 Å². The summed E-state index contributed by atoms with van der Waals surface area (Å²) in [6, 6.07) is 1.51. The van der Waals surface area contributed by atoms with Crippen LogP contribution >= 0.6 is 0 Å². The van der Waals surface area contributed by atoms with Crippen molar-refractivity contribution in [3.8, 4) is 0 Å². The lowest BCUT2D eigenvalue weighted by molar-refractivity contribution is -0.0978. The van der Waals surface area contributed by atoms with Crippen molar-refractivity contribution in [2.24, 2.45) is 0 Å². The summed E-state index contributed by atoms with van der Waals surface area (Å²) in [6.45, 7) is 0. The zero-order chi connectivity index (χ0) is 10.5. The Balaban J connectivity index is 2.64. The van der Waals surface area contributed by atoms with Gasteiger partial charge in [-0.25, -0.2) is 17.6 Å². The molecule has 0 spiro atoms. The van der Waals surface area contributed by atoms with Crippen molar-refractivity contribution >= 4 is 0 Å². The van der Waals surface area contributed by atoms with E-state index in [1.165, 1.54) is 0 Å². The van der Waals surface area contributed by atoms with E-state index in [4.69, 9.17) is 5.11 Å². The maximum atomic E-state index is 13.0. The van der Waals surface area contributed by atoms with Crippen LogP contribution in [0.1, 0.15) is 17.2 Å². The first-order valence-electron chi connectivity index (χ1n) is 3.96. The zero-order valence-corrected chi connectivity index (χ0v) is 6.90. The van der Waals surface area contributed by atoms with E-state index in [9.17, 15) is 17.6 Å². The van der Waals surface area contributed by atoms with Crippen LogP contribution in [-0.2, 0) is 6.42 Å². The fraction of sp³-hybridized carbons (Fsp3) is 0.333. The molecule has 5 heteroatoms. The van der Waals surface area contributed by atoms with Gasteiger partial charge in [0.2, 0.25) is 0 Å². The minimum atomic E-state index is -3.48. The smallest absolute Gasteiger partial charge is 0.281 e. The fourth-order valence-corrected chi connectivity index (χ4v) is 1.63. The molecule has 0 fully saturated rings. The monoisotopic (exact) mass is 206 g/mol. The van der Waals surface area contributed by atoms with Gasteiger partial charge in [0, 0.05) is 17.5 Å². The van der Waals surface area contributed by atoms with Crippen molar-refractivity contribution in [2.45, 2.75) is 18.4 Å². The van der Waals surface area contributed by atoms with Crippen molar-refractivity contribution in [1.82, 2.24) is 0 Å². The summed E-state index contributed by atoms with van der Waals surface area (Å²) in [5.74, 6) is -5.38. The molecule has 0 heterocycles. The number of halogens is 4. The summed E-state index contributed by atoms with van der Waals surface area (Å²) < 4.78 is 51.8. The molecule has 0 bridgehead atoms. The first-order chi connectivity index (χ1) is 6.43. The molecular formula is C9H6F4O. The Labute approximate surface area is 77.0 Å². The minimum absolute atomic E-state index is 0.428. The van der Waals surface area contributed by atoms with Gasteiger partial charge in [-0.3, -0.25) is 0 Å². The van der Waals surface area contributed by atoms with Crippen LogP contribution in [0, 0.1) is 11.6 Å². The lowest BCUT2D eigenvalue weighted by Crippen LogP contribution is -2.21. The van der Waals surface area contributed by atoms with Gasteiger partial charge < -0.3 is 5.11 Å². The van der Waals surface area contributed by atoms with Gasteiger partial charge in [-0.05, 0) is 12.1 Å². The highest BCUT2D eigenvalue weighted by atomic mass is 19.3. The van der Waals surface area contributed by atoms with Crippen molar-refractivity contribution in [1.29, 1.82) is 0 Å². The molecule has 76 valence electrons. The van der Waals surface area contributed by atoms with E-state index in [-0.39, 0.29) is 0 Å². The van der Waals surface area contributed by atoms with Gasteiger partial charge in [0.15, 0.2) is 0 Å². The molecule has 14 heavy (non-hydrogen) atoms. The summed E-state index contributed by atoms with van der Waals surface area (Å²) in [5, 5.41) is 9.06. The second-order valence-corrected chi connectivity index (χ2v) is 3.26. The molecule has 1 aliphatic carbocycles. The molecule has 1 aliphatic rings. The topological polar surface area (TPSA) is 20.2 Å². The molecule has 1 atom stereocenters. The van der Waals surface area contributed by atoms with E-state index < -0.39 is 41.2 Å². The molecule has 0 aromatic heterocycles. The third kappa shape index (κ3) is 1.12. The van der Waals surface area contributed by atoms with Crippen molar-refractivity contribution in [2.75, 3.05) is 0 Å². The van der Waals surface area contributed by atoms with Gasteiger partial charge >= 0.3 is 0 Å². The summed E-state index contributed by atoms with van der Waals surface area (Å²) in [5.41, 5.74) is -1.04. The quantitative estimate of drug-likeness (QED) is 0.645. The van der Waals surface area contributed by atoms with Gasteiger partial charge in [-0.15, -0.1) is 0 Å². The van der Waals surface area contributed by atoms with Crippen molar-refractivity contribution < 1.29 is 22.7 Å². The van der Waals surface area contributed by atoms with Crippen molar-refractivity contribution in [3.05, 3.63) is 34.9 Å². The van der Waals surface area contributed by atoms with Gasteiger partial charge in [0.05, 0.1) is 0 Å². The molecule has 0 amide bonds. The molecular weight excluding hydrogens is 200 g/mol. The second kappa shape index (κ2) is 2.70. The highest BCUT2D eigenvalue weighted by Gasteiger charge is 2.49. The first kappa shape index (κ1) is 9.45. The van der Waals surface area contributed by atoms with E-state index >= 15 is 0 Å². The summed E-state index contributed by atoms with van der Waals surface area (Å²) in [4.78, 5) is 0. The third-order valence-electron chi connectivity index (χ3n) is 2.33. The van der Waals surface area contributed by atoms with Crippen LogP contribution in [0.5, 0.6) is 0 Å². The van der Waals surface area contributed by atoms with E-state index in [2.05, 4.69) is 0 Å². The molecule has 2 rings (SSSR count). The summed E-state index contributed by atoms with van der Waals surface area (Å²) in [7, 11) is 0. The Hall–Kier alpha value is -1.10.